The summed E-state index contributed by atoms with van der Waals surface area (Å²) in [4.78, 5) is 11.5. The summed E-state index contributed by atoms with van der Waals surface area (Å²) in [5.41, 5.74) is 1.22. The van der Waals surface area contributed by atoms with Crippen LogP contribution in [0.25, 0.3) is 0 Å². The summed E-state index contributed by atoms with van der Waals surface area (Å²) in [6.07, 6.45) is 1.85. The van der Waals surface area contributed by atoms with E-state index in [1.165, 1.54) is 12.7 Å². The largest absolute Gasteiger partial charge is 0.494 e. The van der Waals surface area contributed by atoms with E-state index in [0.29, 0.717) is 19.8 Å². The van der Waals surface area contributed by atoms with E-state index >= 15 is 0 Å². The van der Waals surface area contributed by atoms with Gasteiger partial charge in [0, 0.05) is 12.8 Å². The summed E-state index contributed by atoms with van der Waals surface area (Å²) in [6.45, 7) is 5.30. The van der Waals surface area contributed by atoms with Gasteiger partial charge in [-0.25, -0.2) is 4.79 Å². The molecule has 0 spiro atoms. The topological polar surface area (TPSA) is 54.0 Å². The number of ether oxygens (including phenoxy) is 4. The van der Waals surface area contributed by atoms with E-state index < -0.39 is 11.8 Å². The predicted molar refractivity (Wildman–Crippen MR) is 81.7 cm³/mol. The molecule has 0 aromatic heterocycles. The normalized spacial score (nSPS) is 24.8. The van der Waals surface area contributed by atoms with Crippen molar-refractivity contribution >= 4 is 5.97 Å². The Morgan fingerprint density at radius 3 is 2.50 bits per heavy atom. The van der Waals surface area contributed by atoms with Gasteiger partial charge in [0.15, 0.2) is 0 Å². The van der Waals surface area contributed by atoms with Gasteiger partial charge in [0.1, 0.15) is 5.75 Å². The molecule has 0 radical (unpaired) electrons. The molecular formula is C17H24O5. The molecule has 22 heavy (non-hydrogen) atoms. The van der Waals surface area contributed by atoms with Gasteiger partial charge in [-0.2, -0.15) is 0 Å². The molecular weight excluding hydrogens is 284 g/mol. The maximum absolute atomic E-state index is 11.5. The molecule has 1 aliphatic rings. The molecule has 122 valence electrons. The Bertz CT molecular complexity index is 474. The molecule has 0 N–H and O–H groups in total. The second-order valence-corrected chi connectivity index (χ2v) is 5.73. The highest BCUT2D eigenvalue weighted by Crippen LogP contribution is 2.25. The van der Waals surface area contributed by atoms with Gasteiger partial charge < -0.3 is 18.9 Å². The maximum Gasteiger partial charge on any atom is 0.366 e. The number of carbonyl (C=O) groups excluding carboxylic acids is 1. The van der Waals surface area contributed by atoms with E-state index in [1.807, 2.05) is 24.3 Å². The molecule has 0 unspecified atom stereocenters. The molecule has 5 nitrogen and oxygen atoms in total. The van der Waals surface area contributed by atoms with Crippen LogP contribution in [-0.2, 0) is 19.0 Å². The van der Waals surface area contributed by atoms with E-state index in [-0.39, 0.29) is 5.92 Å². The second kappa shape index (κ2) is 7.61. The summed E-state index contributed by atoms with van der Waals surface area (Å²) >= 11 is 0. The Hall–Kier alpha value is -1.59. The molecule has 0 atom stereocenters. The Kier molecular flexibility index (Phi) is 5.80. The highest BCUT2D eigenvalue weighted by molar-refractivity contribution is 5.77. The number of aryl methyl sites for hydroxylation is 1. The molecule has 1 saturated heterocycles. The molecule has 1 aromatic rings. The highest BCUT2D eigenvalue weighted by atomic mass is 16.7. The number of hydrogen-bond acceptors (Lipinski definition) is 5. The maximum atomic E-state index is 11.5. The standard InChI is InChI=1S/C17H24O5/c1-13-6-8-15(9-7-13)20-10-4-5-14-11-21-17(2,22-12-14)16(18)19-3/h6-9,14H,4-5,10-12H2,1-3H3. The SMILES string of the molecule is COC(=O)C1(C)OCC(CCCOc2ccc(C)cc2)CO1. The number of rotatable bonds is 6. The molecule has 2 rings (SSSR count). The summed E-state index contributed by atoms with van der Waals surface area (Å²) in [7, 11) is 1.33. The summed E-state index contributed by atoms with van der Waals surface area (Å²) in [5.74, 6) is -0.586. The molecule has 1 aliphatic heterocycles. The van der Waals surface area contributed by atoms with Gasteiger partial charge in [0.25, 0.3) is 5.79 Å². The van der Waals surface area contributed by atoms with Crippen LogP contribution in [0.5, 0.6) is 5.75 Å². The first kappa shape index (κ1) is 16.8. The van der Waals surface area contributed by atoms with Crippen molar-refractivity contribution in [2.24, 2.45) is 5.92 Å². The monoisotopic (exact) mass is 308 g/mol. The van der Waals surface area contributed by atoms with Crippen LogP contribution in [-0.4, -0.2) is 38.7 Å². The molecule has 0 aliphatic carbocycles. The average Bonchev–Trinajstić information content (AvgIpc) is 2.54. The molecule has 5 heteroatoms. The average molecular weight is 308 g/mol. The van der Waals surface area contributed by atoms with Crippen LogP contribution in [0.2, 0.25) is 0 Å². The molecule has 0 amide bonds. The van der Waals surface area contributed by atoms with Crippen molar-refractivity contribution in [3.05, 3.63) is 29.8 Å². The highest BCUT2D eigenvalue weighted by Gasteiger charge is 2.41. The smallest absolute Gasteiger partial charge is 0.366 e. The van der Waals surface area contributed by atoms with Crippen molar-refractivity contribution in [3.63, 3.8) is 0 Å². The summed E-state index contributed by atoms with van der Waals surface area (Å²) < 4.78 is 21.4. The minimum absolute atomic E-state index is 0.277. The second-order valence-electron chi connectivity index (χ2n) is 5.73. The lowest BCUT2D eigenvalue weighted by molar-refractivity contribution is -0.272. The fourth-order valence-electron chi connectivity index (χ4n) is 2.31. The molecule has 0 saturated carbocycles. The van der Waals surface area contributed by atoms with E-state index in [2.05, 4.69) is 11.7 Å². The van der Waals surface area contributed by atoms with E-state index in [0.717, 1.165) is 18.6 Å². The fraction of sp³-hybridized carbons (Fsp3) is 0.588. The molecule has 1 fully saturated rings. The number of hydrogen-bond donors (Lipinski definition) is 0. The van der Waals surface area contributed by atoms with Gasteiger partial charge in [0.2, 0.25) is 0 Å². The Morgan fingerprint density at radius 2 is 1.91 bits per heavy atom. The zero-order chi connectivity index (χ0) is 16.0. The summed E-state index contributed by atoms with van der Waals surface area (Å²) in [5, 5.41) is 0. The Labute approximate surface area is 131 Å². The van der Waals surface area contributed by atoms with E-state index in [9.17, 15) is 4.79 Å². The van der Waals surface area contributed by atoms with Crippen LogP contribution in [0.3, 0.4) is 0 Å². The number of methoxy groups -OCH3 is 1. The zero-order valence-corrected chi connectivity index (χ0v) is 13.5. The lowest BCUT2D eigenvalue weighted by Crippen LogP contribution is -2.48. The van der Waals surface area contributed by atoms with Crippen LogP contribution >= 0.6 is 0 Å². The van der Waals surface area contributed by atoms with Crippen molar-refractivity contribution in [2.75, 3.05) is 26.9 Å². The van der Waals surface area contributed by atoms with Crippen LogP contribution in [0, 0.1) is 12.8 Å². The van der Waals surface area contributed by atoms with Crippen molar-refractivity contribution in [1.29, 1.82) is 0 Å². The third-order valence-electron chi connectivity index (χ3n) is 3.79. The lowest BCUT2D eigenvalue weighted by atomic mass is 10.0. The number of benzene rings is 1. The van der Waals surface area contributed by atoms with Crippen molar-refractivity contribution in [3.8, 4) is 5.75 Å². The van der Waals surface area contributed by atoms with Crippen LogP contribution in [0.1, 0.15) is 25.3 Å². The summed E-state index contributed by atoms with van der Waals surface area (Å²) in [6, 6.07) is 8.02. The first-order valence-corrected chi connectivity index (χ1v) is 7.59. The molecule has 1 aromatic carbocycles. The van der Waals surface area contributed by atoms with Gasteiger partial charge >= 0.3 is 5.97 Å². The van der Waals surface area contributed by atoms with Gasteiger partial charge in [-0.15, -0.1) is 0 Å². The quantitative estimate of drug-likeness (QED) is 0.597. The minimum Gasteiger partial charge on any atom is -0.494 e. The van der Waals surface area contributed by atoms with Gasteiger partial charge in [-0.3, -0.25) is 0 Å². The first-order chi connectivity index (χ1) is 10.5. The molecule has 1 heterocycles. The van der Waals surface area contributed by atoms with Crippen LogP contribution in [0.15, 0.2) is 24.3 Å². The Morgan fingerprint density at radius 1 is 1.27 bits per heavy atom. The van der Waals surface area contributed by atoms with Crippen molar-refractivity contribution < 1.29 is 23.7 Å². The van der Waals surface area contributed by atoms with Crippen molar-refractivity contribution in [2.45, 2.75) is 32.5 Å². The Balaban J connectivity index is 1.65. The molecule has 0 bridgehead atoms. The third-order valence-corrected chi connectivity index (χ3v) is 3.79. The van der Waals surface area contributed by atoms with Crippen LogP contribution in [0.4, 0.5) is 0 Å². The van der Waals surface area contributed by atoms with E-state index in [4.69, 9.17) is 14.2 Å². The first-order valence-electron chi connectivity index (χ1n) is 7.59. The number of carbonyl (C=O) groups is 1. The minimum atomic E-state index is -1.26. The lowest BCUT2D eigenvalue weighted by Gasteiger charge is -2.35. The number of esters is 1. The van der Waals surface area contributed by atoms with Gasteiger partial charge in [0.05, 0.1) is 26.9 Å². The van der Waals surface area contributed by atoms with Gasteiger partial charge in [-0.1, -0.05) is 17.7 Å². The van der Waals surface area contributed by atoms with Crippen molar-refractivity contribution in [1.82, 2.24) is 0 Å². The predicted octanol–water partition coefficient (Wildman–Crippen LogP) is 2.71. The zero-order valence-electron chi connectivity index (χ0n) is 13.5. The fourth-order valence-corrected chi connectivity index (χ4v) is 2.31. The van der Waals surface area contributed by atoms with Crippen LogP contribution < -0.4 is 4.74 Å². The van der Waals surface area contributed by atoms with E-state index in [1.54, 1.807) is 6.92 Å². The third kappa shape index (κ3) is 4.45. The van der Waals surface area contributed by atoms with Gasteiger partial charge in [-0.05, 0) is 31.9 Å².